The fourth-order valence-corrected chi connectivity index (χ4v) is 4.19. The molecule has 1 saturated heterocycles. The molecule has 0 aliphatic carbocycles. The summed E-state index contributed by atoms with van der Waals surface area (Å²) in [4.78, 5) is 34.0. The molecule has 0 radical (unpaired) electrons. The minimum absolute atomic E-state index is 0.0826. The Kier molecular flexibility index (Phi) is 7.55. The van der Waals surface area contributed by atoms with Gasteiger partial charge in [-0.3, -0.25) is 9.69 Å². The fourth-order valence-electron chi connectivity index (χ4n) is 4.19. The van der Waals surface area contributed by atoms with Gasteiger partial charge >= 0.3 is 6.03 Å². The highest BCUT2D eigenvalue weighted by Crippen LogP contribution is 2.20. The highest BCUT2D eigenvalue weighted by Gasteiger charge is 2.23. The number of nitrogens with zero attached hydrogens (tertiary/aromatic N) is 4. The average Bonchev–Trinajstić information content (AvgIpc) is 3.15. The molecule has 1 fully saturated rings. The van der Waals surface area contributed by atoms with Crippen LogP contribution in [0.3, 0.4) is 0 Å². The van der Waals surface area contributed by atoms with Crippen LogP contribution in [0.25, 0.3) is 11.0 Å². The molecular weight excluding hydrogens is 444 g/mol. The van der Waals surface area contributed by atoms with Gasteiger partial charge in [-0.2, -0.15) is 0 Å². The van der Waals surface area contributed by atoms with E-state index < -0.39 is 0 Å². The predicted octanol–water partition coefficient (Wildman–Crippen LogP) is 3.46. The summed E-state index contributed by atoms with van der Waals surface area (Å²) in [5.74, 6) is 1.64. The molecule has 1 aliphatic heterocycles. The van der Waals surface area contributed by atoms with Gasteiger partial charge in [-0.1, -0.05) is 0 Å². The van der Waals surface area contributed by atoms with Gasteiger partial charge in [0.05, 0.1) is 24.2 Å². The lowest BCUT2D eigenvalue weighted by molar-refractivity contribution is 0.0943. The Morgan fingerprint density at radius 2 is 1.77 bits per heavy atom. The van der Waals surface area contributed by atoms with Crippen LogP contribution in [0.4, 0.5) is 10.5 Å². The van der Waals surface area contributed by atoms with Gasteiger partial charge in [0, 0.05) is 50.5 Å². The van der Waals surface area contributed by atoms with E-state index in [9.17, 15) is 9.59 Å². The molecule has 3 aromatic rings. The van der Waals surface area contributed by atoms with Crippen LogP contribution in [0.15, 0.2) is 42.5 Å². The molecule has 2 N–H and O–H groups in total. The molecule has 9 heteroatoms. The minimum Gasteiger partial charge on any atom is -0.494 e. The molecule has 0 bridgehead atoms. The summed E-state index contributed by atoms with van der Waals surface area (Å²) in [5, 5.41) is 5.88. The molecule has 2 heterocycles. The lowest BCUT2D eigenvalue weighted by Gasteiger charge is -2.34. The number of aryl methyl sites for hydroxylation is 1. The van der Waals surface area contributed by atoms with Gasteiger partial charge in [-0.25, -0.2) is 9.78 Å². The van der Waals surface area contributed by atoms with Crippen molar-refractivity contribution in [3.8, 4) is 5.75 Å². The third-order valence-electron chi connectivity index (χ3n) is 6.10. The number of amides is 3. The quantitative estimate of drug-likeness (QED) is 0.543. The lowest BCUT2D eigenvalue weighted by Crippen LogP contribution is -2.49. The van der Waals surface area contributed by atoms with Crippen molar-refractivity contribution in [2.24, 2.45) is 7.05 Å². The molecule has 0 spiro atoms. The van der Waals surface area contributed by atoms with E-state index in [-0.39, 0.29) is 18.0 Å². The topological polar surface area (TPSA) is 91.7 Å². The van der Waals surface area contributed by atoms with Gasteiger partial charge in [-0.05, 0) is 63.2 Å². The van der Waals surface area contributed by atoms with Crippen LogP contribution in [0.2, 0.25) is 0 Å². The number of anilines is 1. The van der Waals surface area contributed by atoms with Gasteiger partial charge in [0.25, 0.3) is 5.91 Å². The number of benzene rings is 2. The van der Waals surface area contributed by atoms with Crippen LogP contribution in [-0.4, -0.2) is 70.1 Å². The first kappa shape index (κ1) is 24.5. The van der Waals surface area contributed by atoms with E-state index in [4.69, 9.17) is 9.72 Å². The average molecular weight is 479 g/mol. The third kappa shape index (κ3) is 5.92. The summed E-state index contributed by atoms with van der Waals surface area (Å²) in [6.45, 7) is 9.95. The summed E-state index contributed by atoms with van der Waals surface area (Å²) in [5.41, 5.74) is 3.17. The molecule has 2 aromatic carbocycles. The minimum atomic E-state index is -0.0938. The number of carbonyl (C=O) groups is 2. The Morgan fingerprint density at radius 3 is 2.43 bits per heavy atom. The summed E-state index contributed by atoms with van der Waals surface area (Å²) in [7, 11) is 2.00. The number of urea groups is 1. The highest BCUT2D eigenvalue weighted by molar-refractivity contribution is 5.97. The first-order valence-electron chi connectivity index (χ1n) is 12.1. The number of nitrogens with one attached hydrogen (secondary N) is 2. The van der Waals surface area contributed by atoms with Crippen molar-refractivity contribution in [2.75, 3.05) is 38.1 Å². The SMILES string of the molecule is CCOc1ccc(NC(=O)N2CCN(Cc3nc4cc(C(=O)NC(C)C)ccc4n3C)CC2)cc1. The number of imidazole rings is 1. The fraction of sp³-hybridized carbons (Fsp3) is 0.423. The van der Waals surface area contributed by atoms with Crippen LogP contribution < -0.4 is 15.4 Å². The van der Waals surface area contributed by atoms with Crippen LogP contribution in [0, 0.1) is 0 Å². The molecule has 0 unspecified atom stereocenters. The normalized spacial score (nSPS) is 14.4. The number of rotatable bonds is 7. The number of hydrogen-bond acceptors (Lipinski definition) is 5. The molecule has 1 aromatic heterocycles. The Labute approximate surface area is 206 Å². The number of carbonyl (C=O) groups excluding carboxylic acids is 2. The lowest BCUT2D eigenvalue weighted by atomic mass is 10.2. The zero-order valence-electron chi connectivity index (χ0n) is 20.9. The Bertz CT molecular complexity index is 1180. The van der Waals surface area contributed by atoms with Crippen molar-refractivity contribution in [1.29, 1.82) is 0 Å². The highest BCUT2D eigenvalue weighted by atomic mass is 16.5. The zero-order chi connectivity index (χ0) is 24.9. The Morgan fingerprint density at radius 1 is 1.06 bits per heavy atom. The van der Waals surface area contributed by atoms with E-state index in [2.05, 4.69) is 20.1 Å². The monoisotopic (exact) mass is 478 g/mol. The summed E-state index contributed by atoms with van der Waals surface area (Å²) < 4.78 is 7.52. The van der Waals surface area contributed by atoms with Gasteiger partial charge in [0.2, 0.25) is 0 Å². The molecule has 186 valence electrons. The van der Waals surface area contributed by atoms with Gasteiger partial charge in [0.1, 0.15) is 11.6 Å². The number of aromatic nitrogens is 2. The maximum atomic E-state index is 12.7. The van der Waals surface area contributed by atoms with Crippen molar-refractivity contribution in [3.05, 3.63) is 53.9 Å². The van der Waals surface area contributed by atoms with Crippen molar-refractivity contribution < 1.29 is 14.3 Å². The Balaban J connectivity index is 1.33. The molecule has 35 heavy (non-hydrogen) atoms. The first-order chi connectivity index (χ1) is 16.8. The van der Waals surface area contributed by atoms with Gasteiger partial charge in [0.15, 0.2) is 0 Å². The predicted molar refractivity (Wildman–Crippen MR) is 137 cm³/mol. The molecule has 9 nitrogen and oxygen atoms in total. The summed E-state index contributed by atoms with van der Waals surface area (Å²) >= 11 is 0. The number of fused-ring (bicyclic) bond motifs is 1. The molecule has 3 amide bonds. The van der Waals surface area contributed by atoms with Crippen LogP contribution in [-0.2, 0) is 13.6 Å². The Hall–Kier alpha value is -3.59. The van der Waals surface area contributed by atoms with Gasteiger partial charge < -0.3 is 24.8 Å². The van der Waals surface area contributed by atoms with E-state index in [1.54, 1.807) is 0 Å². The van der Waals surface area contributed by atoms with E-state index in [0.29, 0.717) is 31.8 Å². The second kappa shape index (κ2) is 10.8. The van der Waals surface area contributed by atoms with E-state index >= 15 is 0 Å². The van der Waals surface area contributed by atoms with Crippen LogP contribution >= 0.6 is 0 Å². The molecule has 1 aliphatic rings. The zero-order valence-corrected chi connectivity index (χ0v) is 20.9. The maximum absolute atomic E-state index is 12.7. The van der Waals surface area contributed by atoms with Crippen LogP contribution in [0.5, 0.6) is 5.75 Å². The second-order valence-corrected chi connectivity index (χ2v) is 9.07. The largest absolute Gasteiger partial charge is 0.494 e. The van der Waals surface area contributed by atoms with E-state index in [1.807, 2.05) is 75.2 Å². The number of hydrogen-bond donors (Lipinski definition) is 2. The number of ether oxygens (including phenoxy) is 1. The van der Waals surface area contributed by atoms with Crippen molar-refractivity contribution in [2.45, 2.75) is 33.4 Å². The first-order valence-corrected chi connectivity index (χ1v) is 12.1. The van der Waals surface area contributed by atoms with E-state index in [0.717, 1.165) is 41.4 Å². The maximum Gasteiger partial charge on any atom is 0.321 e. The van der Waals surface area contributed by atoms with Crippen molar-refractivity contribution in [1.82, 2.24) is 24.7 Å². The summed E-state index contributed by atoms with van der Waals surface area (Å²) in [6.07, 6.45) is 0. The van der Waals surface area contributed by atoms with Crippen molar-refractivity contribution in [3.63, 3.8) is 0 Å². The standard InChI is InChI=1S/C26H34N6O3/c1-5-35-21-9-7-20(8-10-21)28-26(34)32-14-12-31(13-15-32)17-24-29-22-16-19(25(33)27-18(2)3)6-11-23(22)30(24)4/h6-11,16,18H,5,12-15,17H2,1-4H3,(H,27,33)(H,28,34). The molecule has 4 rings (SSSR count). The molecular formula is C26H34N6O3. The van der Waals surface area contributed by atoms with Gasteiger partial charge in [-0.15, -0.1) is 0 Å². The smallest absolute Gasteiger partial charge is 0.321 e. The van der Waals surface area contributed by atoms with Crippen LogP contribution in [0.1, 0.15) is 37.0 Å². The number of piperazine rings is 1. The third-order valence-corrected chi connectivity index (χ3v) is 6.10. The van der Waals surface area contributed by atoms with Crippen molar-refractivity contribution >= 4 is 28.7 Å². The summed E-state index contributed by atoms with van der Waals surface area (Å²) in [6, 6.07) is 13.0. The molecule has 0 atom stereocenters. The van der Waals surface area contributed by atoms with E-state index in [1.165, 1.54) is 0 Å². The molecule has 0 saturated carbocycles. The second-order valence-electron chi connectivity index (χ2n) is 9.07.